The van der Waals surface area contributed by atoms with Gasteiger partial charge in [-0.25, -0.2) is 9.78 Å². The van der Waals surface area contributed by atoms with Crippen molar-refractivity contribution in [1.82, 2.24) is 0 Å². The quantitative estimate of drug-likeness (QED) is 0.135. The number of fused-ring (bicyclic) bond motifs is 8. The Kier molecular flexibility index (Phi) is 8.57. The van der Waals surface area contributed by atoms with Gasteiger partial charge in [0.1, 0.15) is 44.8 Å². The highest BCUT2D eigenvalue weighted by Crippen LogP contribution is 2.73. The van der Waals surface area contributed by atoms with Crippen LogP contribution in [-0.2, 0) is 19.2 Å². The van der Waals surface area contributed by atoms with Gasteiger partial charge in [0.05, 0.1) is 26.2 Å². The smallest absolute Gasteiger partial charge is 0.209 e. The highest BCUT2D eigenvalue weighted by atomic mass is 17.2. The molecule has 2 spiro atoms. The van der Waals surface area contributed by atoms with E-state index in [1.807, 2.05) is 0 Å². The number of methoxy groups -OCH3 is 2. The van der Waals surface area contributed by atoms with E-state index in [9.17, 15) is 9.90 Å². The van der Waals surface area contributed by atoms with Crippen molar-refractivity contribution in [3.8, 4) is 23.0 Å². The molecule has 1 aromatic heterocycles. The Morgan fingerprint density at radius 2 is 1.70 bits per heavy atom. The van der Waals surface area contributed by atoms with Crippen molar-refractivity contribution in [3.63, 3.8) is 0 Å². The minimum absolute atomic E-state index is 0.0370. The lowest BCUT2D eigenvalue weighted by atomic mass is 9.42. The van der Waals surface area contributed by atoms with Gasteiger partial charge in [-0.15, -0.1) is 0 Å². The van der Waals surface area contributed by atoms with E-state index in [1.165, 1.54) is 39.5 Å². The molecule has 306 valence electrons. The number of phenolic OH excluding ortho intramolecular Hbond substituents is 1. The second-order valence-corrected chi connectivity index (χ2v) is 19.4. The molecular weight excluding hydrogens is 725 g/mol. The molecule has 13 atom stereocenters. The zero-order valence-electron chi connectivity index (χ0n) is 34.6. The van der Waals surface area contributed by atoms with Crippen LogP contribution in [0.2, 0.25) is 0 Å². The van der Waals surface area contributed by atoms with Gasteiger partial charge in [0.25, 0.3) is 0 Å². The SMILES string of the molecule is COc1ccc(O)c2c(=O)c3c(OC)cc4c(c3oc12)[C@@H]1C[C@H](O[C@H]2CC[C@]3(C)[C@H]5CC[C@]6(C)[C@@H]([C@H](C)C=C[C@H](C)C(C)C)CC[C@H]6[C@@]56C=C[C@]3(C2)OO6)O[C@@H]1O4. The van der Waals surface area contributed by atoms with Crippen molar-refractivity contribution in [2.45, 2.75) is 129 Å². The van der Waals surface area contributed by atoms with Crippen LogP contribution in [-0.4, -0.2) is 49.2 Å². The van der Waals surface area contributed by atoms with Gasteiger partial charge in [0, 0.05) is 41.7 Å². The molecule has 2 aromatic carbocycles. The van der Waals surface area contributed by atoms with Crippen LogP contribution in [0.3, 0.4) is 0 Å². The molecule has 0 amide bonds. The standard InChI is InChI=1S/C47H58O10/c1-24(2)25(3)9-10-26(4)29-11-14-34-44(29,5)17-16-35-45(6)18-15-27(23-46(45)19-20-47(34,35)57-56-46)52-36-21-28-37-33(53-43(28)54-36)22-32(51-8)39-40(49)38-30(48)12-13-31(50-7)41(38)55-42(37)39/h9-10,12-13,19-20,22,24-29,34-36,43,48H,11,14-18,21,23H2,1-8H3/t25-,26+,27-,28-,29+,34+,35+,36+,43-,44+,45+,46+,47-/m0/s1. The Morgan fingerprint density at radius 1 is 0.895 bits per heavy atom. The van der Waals surface area contributed by atoms with Crippen LogP contribution in [0.15, 0.2) is 51.7 Å². The molecule has 5 heterocycles. The van der Waals surface area contributed by atoms with Crippen LogP contribution < -0.4 is 19.6 Å². The fraction of sp³-hybridized carbons (Fsp3) is 0.638. The van der Waals surface area contributed by atoms with Crippen LogP contribution in [0.5, 0.6) is 23.0 Å². The molecular formula is C47H58O10. The summed E-state index contributed by atoms with van der Waals surface area (Å²) >= 11 is 0. The first-order valence-corrected chi connectivity index (χ1v) is 21.4. The van der Waals surface area contributed by atoms with E-state index in [0.29, 0.717) is 71.2 Å². The second-order valence-electron chi connectivity index (χ2n) is 19.4. The number of phenols is 1. The Hall–Kier alpha value is -3.57. The fourth-order valence-electron chi connectivity index (χ4n) is 13.0. The molecule has 57 heavy (non-hydrogen) atoms. The van der Waals surface area contributed by atoms with E-state index in [1.54, 1.807) is 12.1 Å². The van der Waals surface area contributed by atoms with Crippen LogP contribution in [0.1, 0.15) is 104 Å². The first-order valence-electron chi connectivity index (χ1n) is 21.4. The largest absolute Gasteiger partial charge is 0.507 e. The first-order chi connectivity index (χ1) is 27.3. The number of ether oxygens (including phenoxy) is 5. The Balaban J connectivity index is 0.888. The molecule has 3 aromatic rings. The van der Waals surface area contributed by atoms with Crippen molar-refractivity contribution < 1.29 is 43.0 Å². The van der Waals surface area contributed by atoms with Crippen LogP contribution in [0.4, 0.5) is 0 Å². The lowest BCUT2D eigenvalue weighted by Gasteiger charge is -2.69. The van der Waals surface area contributed by atoms with Crippen molar-refractivity contribution >= 4 is 21.9 Å². The zero-order valence-corrected chi connectivity index (χ0v) is 34.6. The summed E-state index contributed by atoms with van der Waals surface area (Å²) in [6.45, 7) is 14.4. The highest BCUT2D eigenvalue weighted by molar-refractivity contribution is 6.00. The van der Waals surface area contributed by atoms with E-state index < -0.39 is 29.2 Å². The summed E-state index contributed by atoms with van der Waals surface area (Å²) in [6.07, 6.45) is 16.3. The molecule has 2 saturated heterocycles. The van der Waals surface area contributed by atoms with Crippen LogP contribution in [0, 0.1) is 46.3 Å². The predicted molar refractivity (Wildman–Crippen MR) is 214 cm³/mol. The topological polar surface area (TPSA) is 115 Å². The van der Waals surface area contributed by atoms with Gasteiger partial charge in [-0.3, -0.25) is 4.79 Å². The summed E-state index contributed by atoms with van der Waals surface area (Å²) in [5.41, 5.74) is -0.0225. The van der Waals surface area contributed by atoms with Crippen molar-refractivity contribution in [1.29, 1.82) is 0 Å². The average molecular weight is 783 g/mol. The van der Waals surface area contributed by atoms with E-state index in [-0.39, 0.29) is 45.0 Å². The number of hydrogen-bond acceptors (Lipinski definition) is 10. The van der Waals surface area contributed by atoms with Crippen LogP contribution >= 0.6 is 0 Å². The maximum absolute atomic E-state index is 14.0. The monoisotopic (exact) mass is 782 g/mol. The van der Waals surface area contributed by atoms with Gasteiger partial charge in [-0.1, -0.05) is 59.8 Å². The molecule has 10 heteroatoms. The third-order valence-electron chi connectivity index (χ3n) is 16.5. The Labute approximate surface area is 334 Å². The minimum atomic E-state index is -0.618. The summed E-state index contributed by atoms with van der Waals surface area (Å²) in [7, 11) is 2.99. The molecule has 10 nitrogen and oxygen atoms in total. The molecule has 4 aliphatic heterocycles. The van der Waals surface area contributed by atoms with Gasteiger partial charge in [0.2, 0.25) is 11.7 Å². The molecule has 8 aliphatic rings. The number of benzene rings is 2. The maximum Gasteiger partial charge on any atom is 0.209 e. The maximum atomic E-state index is 14.0. The van der Waals surface area contributed by atoms with Crippen LogP contribution in [0.25, 0.3) is 21.9 Å². The lowest BCUT2D eigenvalue weighted by molar-refractivity contribution is -0.498. The number of aromatic hydroxyl groups is 1. The van der Waals surface area contributed by atoms with E-state index in [4.69, 9.17) is 37.9 Å². The summed E-state index contributed by atoms with van der Waals surface area (Å²) in [5, 5.41) is 11.0. The first kappa shape index (κ1) is 37.7. The summed E-state index contributed by atoms with van der Waals surface area (Å²) in [5.74, 6) is 3.93. The molecule has 2 bridgehead atoms. The van der Waals surface area contributed by atoms with Gasteiger partial charge < -0.3 is 33.2 Å². The molecule has 11 rings (SSSR count). The Morgan fingerprint density at radius 3 is 2.44 bits per heavy atom. The van der Waals surface area contributed by atoms with Gasteiger partial charge >= 0.3 is 0 Å². The molecule has 3 saturated carbocycles. The molecule has 1 N–H and O–H groups in total. The number of allylic oxidation sites excluding steroid dienone is 2. The van der Waals surface area contributed by atoms with E-state index in [2.05, 4.69) is 65.8 Å². The number of rotatable bonds is 8. The highest BCUT2D eigenvalue weighted by Gasteiger charge is 2.74. The van der Waals surface area contributed by atoms with E-state index >= 15 is 0 Å². The minimum Gasteiger partial charge on any atom is -0.507 e. The molecule has 4 aliphatic carbocycles. The predicted octanol–water partition coefficient (Wildman–Crippen LogP) is 9.73. The summed E-state index contributed by atoms with van der Waals surface area (Å²) in [4.78, 5) is 27.5. The fourth-order valence-corrected chi connectivity index (χ4v) is 13.0. The normalized spacial score (nSPS) is 39.8. The molecule has 5 fully saturated rings. The zero-order chi connectivity index (χ0) is 39.8. The molecule has 0 radical (unpaired) electrons. The van der Waals surface area contributed by atoms with Crippen molar-refractivity contribution in [3.05, 3.63) is 58.3 Å². The summed E-state index contributed by atoms with van der Waals surface area (Å²) in [6, 6.07) is 4.71. The summed E-state index contributed by atoms with van der Waals surface area (Å²) < 4.78 is 37.2. The Bertz CT molecular complexity index is 2240. The number of hydrogen-bond donors (Lipinski definition) is 1. The van der Waals surface area contributed by atoms with Crippen molar-refractivity contribution in [2.75, 3.05) is 14.2 Å². The lowest BCUT2D eigenvalue weighted by Crippen LogP contribution is -2.73. The van der Waals surface area contributed by atoms with Gasteiger partial charge in [0.15, 0.2) is 17.6 Å². The van der Waals surface area contributed by atoms with Gasteiger partial charge in [-0.05, 0) is 85.8 Å². The second kappa shape index (κ2) is 13.0. The third kappa shape index (κ3) is 5.12. The van der Waals surface area contributed by atoms with Gasteiger partial charge in [-0.2, -0.15) is 0 Å². The molecule has 0 unspecified atom stereocenters. The average Bonchev–Trinajstić information content (AvgIpc) is 3.86. The van der Waals surface area contributed by atoms with Crippen molar-refractivity contribution in [2.24, 2.45) is 46.3 Å². The third-order valence-corrected chi connectivity index (χ3v) is 16.5. The van der Waals surface area contributed by atoms with E-state index in [0.717, 1.165) is 24.8 Å².